The van der Waals surface area contributed by atoms with Crippen LogP contribution in [0.25, 0.3) is 32.7 Å². The molecule has 8 nitrogen and oxygen atoms in total. The Morgan fingerprint density at radius 2 is 1.45 bits per heavy atom. The van der Waals surface area contributed by atoms with Crippen LogP contribution in [0.5, 0.6) is 11.5 Å². The SMILES string of the molecule is CC(C)CCOc1ccc2ccccc2c1-c1c(OCc2cn(C[C@@H](CCCCN)NC(=O)CC(C)C)nn2)ccc2ccccc12. The highest BCUT2D eigenvalue weighted by atomic mass is 16.5. The van der Waals surface area contributed by atoms with Gasteiger partial charge in [0, 0.05) is 23.6 Å². The first-order chi connectivity index (χ1) is 22.8. The average molecular weight is 636 g/mol. The van der Waals surface area contributed by atoms with E-state index in [1.807, 2.05) is 12.3 Å². The summed E-state index contributed by atoms with van der Waals surface area (Å²) in [5.74, 6) is 2.50. The Hall–Kier alpha value is -4.43. The van der Waals surface area contributed by atoms with Crippen LogP contribution in [0.2, 0.25) is 0 Å². The molecule has 1 aromatic heterocycles. The molecular weight excluding hydrogens is 586 g/mol. The lowest BCUT2D eigenvalue weighted by Crippen LogP contribution is -2.38. The Labute approximate surface area is 278 Å². The second-order valence-corrected chi connectivity index (χ2v) is 13.2. The van der Waals surface area contributed by atoms with E-state index >= 15 is 0 Å². The molecule has 8 heteroatoms. The zero-order chi connectivity index (χ0) is 33.2. The van der Waals surface area contributed by atoms with Crippen molar-refractivity contribution in [3.63, 3.8) is 0 Å². The number of benzene rings is 4. The second-order valence-electron chi connectivity index (χ2n) is 13.2. The Kier molecular flexibility index (Phi) is 11.8. The number of carbonyl (C=O) groups is 1. The number of hydrogen-bond donors (Lipinski definition) is 2. The van der Waals surface area contributed by atoms with E-state index in [2.05, 4.69) is 110 Å². The van der Waals surface area contributed by atoms with Crippen LogP contribution in [0, 0.1) is 11.8 Å². The highest BCUT2D eigenvalue weighted by Gasteiger charge is 2.20. The molecule has 5 rings (SSSR count). The molecule has 0 spiro atoms. The van der Waals surface area contributed by atoms with Crippen molar-refractivity contribution in [1.29, 1.82) is 0 Å². The van der Waals surface area contributed by atoms with Crippen LogP contribution in [-0.2, 0) is 17.9 Å². The standard InChI is InChI=1S/C39H49N5O3/c1-27(2)20-22-46-35-18-16-29-11-5-7-14-33(29)38(35)39-34-15-8-6-12-30(34)17-19-36(39)47-26-32-25-44(43-42-32)24-31(13-9-10-21-40)41-37(45)23-28(3)4/h5-8,11-12,14-19,25,27-28,31H,9-10,13,20-24,26,40H2,1-4H3,(H,41,45)/t31-/m1/s1. The molecule has 0 saturated heterocycles. The van der Waals surface area contributed by atoms with E-state index in [4.69, 9.17) is 15.2 Å². The smallest absolute Gasteiger partial charge is 0.220 e. The summed E-state index contributed by atoms with van der Waals surface area (Å²) in [5.41, 5.74) is 8.47. The molecule has 47 heavy (non-hydrogen) atoms. The number of rotatable bonds is 17. The van der Waals surface area contributed by atoms with Gasteiger partial charge in [0.05, 0.1) is 19.3 Å². The van der Waals surface area contributed by atoms with Gasteiger partial charge in [0.2, 0.25) is 5.91 Å². The van der Waals surface area contributed by atoms with E-state index in [0.29, 0.717) is 43.6 Å². The molecule has 0 bridgehead atoms. The predicted molar refractivity (Wildman–Crippen MR) is 190 cm³/mol. The van der Waals surface area contributed by atoms with Crippen molar-refractivity contribution in [3.05, 3.63) is 84.7 Å². The molecule has 5 aromatic rings. The summed E-state index contributed by atoms with van der Waals surface area (Å²) in [6, 6.07) is 25.1. The molecule has 0 fully saturated rings. The number of hydrogen-bond acceptors (Lipinski definition) is 6. The van der Waals surface area contributed by atoms with Gasteiger partial charge in [-0.2, -0.15) is 0 Å². The number of amides is 1. The monoisotopic (exact) mass is 635 g/mol. The molecule has 248 valence electrons. The van der Waals surface area contributed by atoms with Crippen LogP contribution >= 0.6 is 0 Å². The summed E-state index contributed by atoms with van der Waals surface area (Å²) < 4.78 is 14.9. The van der Waals surface area contributed by atoms with Crippen molar-refractivity contribution in [3.8, 4) is 22.6 Å². The highest BCUT2D eigenvalue weighted by Crippen LogP contribution is 2.45. The minimum atomic E-state index is -0.0455. The van der Waals surface area contributed by atoms with Crippen molar-refractivity contribution >= 4 is 27.5 Å². The number of nitrogens with zero attached hydrogens (tertiary/aromatic N) is 3. The van der Waals surface area contributed by atoms with Gasteiger partial charge in [-0.3, -0.25) is 9.48 Å². The zero-order valence-corrected chi connectivity index (χ0v) is 28.2. The van der Waals surface area contributed by atoms with Crippen molar-refractivity contribution < 1.29 is 14.3 Å². The maximum absolute atomic E-state index is 12.6. The molecule has 1 atom stereocenters. The fourth-order valence-corrected chi connectivity index (χ4v) is 5.94. The molecule has 1 amide bonds. The van der Waals surface area contributed by atoms with E-state index in [1.165, 1.54) is 0 Å². The maximum atomic E-state index is 12.6. The van der Waals surface area contributed by atoms with Gasteiger partial charge in [0.15, 0.2) is 0 Å². The normalized spacial score (nSPS) is 12.2. The molecule has 0 unspecified atom stereocenters. The summed E-state index contributed by atoms with van der Waals surface area (Å²) in [7, 11) is 0. The number of carbonyl (C=O) groups excluding carboxylic acids is 1. The van der Waals surface area contributed by atoms with Gasteiger partial charge in [-0.05, 0) is 71.3 Å². The maximum Gasteiger partial charge on any atom is 0.220 e. The van der Waals surface area contributed by atoms with Gasteiger partial charge in [-0.25, -0.2) is 0 Å². The number of nitrogens with two attached hydrogens (primary N) is 1. The molecule has 0 saturated carbocycles. The van der Waals surface area contributed by atoms with Gasteiger partial charge in [-0.1, -0.05) is 100.0 Å². The lowest BCUT2D eigenvalue weighted by Gasteiger charge is -2.20. The highest BCUT2D eigenvalue weighted by molar-refractivity contribution is 6.09. The molecule has 0 radical (unpaired) electrons. The van der Waals surface area contributed by atoms with Crippen LogP contribution in [-0.4, -0.2) is 40.1 Å². The third-order valence-corrected chi connectivity index (χ3v) is 8.32. The van der Waals surface area contributed by atoms with Crippen LogP contribution in [0.3, 0.4) is 0 Å². The summed E-state index contributed by atoms with van der Waals surface area (Å²) >= 11 is 0. The van der Waals surface area contributed by atoms with Crippen LogP contribution < -0.4 is 20.5 Å². The van der Waals surface area contributed by atoms with E-state index in [-0.39, 0.29) is 18.6 Å². The summed E-state index contributed by atoms with van der Waals surface area (Å²) in [6.45, 7) is 10.6. The van der Waals surface area contributed by atoms with Crippen LogP contribution in [0.4, 0.5) is 0 Å². The molecule has 0 aliphatic heterocycles. The zero-order valence-electron chi connectivity index (χ0n) is 28.2. The Bertz CT molecular complexity index is 1760. The minimum Gasteiger partial charge on any atom is -0.493 e. The molecule has 1 heterocycles. The Morgan fingerprint density at radius 1 is 0.809 bits per heavy atom. The van der Waals surface area contributed by atoms with Crippen molar-refractivity contribution in [2.75, 3.05) is 13.2 Å². The first-order valence-corrected chi connectivity index (χ1v) is 17.0. The summed E-state index contributed by atoms with van der Waals surface area (Å²) in [4.78, 5) is 12.6. The molecule has 0 aliphatic rings. The predicted octanol–water partition coefficient (Wildman–Crippen LogP) is 7.92. The van der Waals surface area contributed by atoms with E-state index in [1.54, 1.807) is 4.68 Å². The fraction of sp³-hybridized carbons (Fsp3) is 0.410. The topological polar surface area (TPSA) is 104 Å². The van der Waals surface area contributed by atoms with E-state index in [0.717, 1.165) is 69.9 Å². The Balaban J connectivity index is 1.43. The average Bonchev–Trinajstić information content (AvgIpc) is 3.50. The van der Waals surface area contributed by atoms with Gasteiger partial charge in [0.1, 0.15) is 23.8 Å². The minimum absolute atomic E-state index is 0.0455. The summed E-state index contributed by atoms with van der Waals surface area (Å²) in [6.07, 6.45) is 6.07. The van der Waals surface area contributed by atoms with Gasteiger partial charge < -0.3 is 20.5 Å². The van der Waals surface area contributed by atoms with Crippen molar-refractivity contribution in [2.45, 2.75) is 79.0 Å². The lowest BCUT2D eigenvalue weighted by molar-refractivity contribution is -0.122. The van der Waals surface area contributed by atoms with Crippen molar-refractivity contribution in [1.82, 2.24) is 20.3 Å². The number of fused-ring (bicyclic) bond motifs is 2. The quantitative estimate of drug-likeness (QED) is 0.101. The molecule has 4 aromatic carbocycles. The fourth-order valence-electron chi connectivity index (χ4n) is 5.94. The van der Waals surface area contributed by atoms with Gasteiger partial charge >= 0.3 is 0 Å². The molecule has 3 N–H and O–H groups in total. The van der Waals surface area contributed by atoms with Crippen molar-refractivity contribution in [2.24, 2.45) is 17.6 Å². The number of nitrogens with one attached hydrogen (secondary N) is 1. The number of unbranched alkanes of at least 4 members (excludes halogenated alkanes) is 1. The van der Waals surface area contributed by atoms with E-state index < -0.39 is 0 Å². The van der Waals surface area contributed by atoms with Crippen LogP contribution in [0.1, 0.15) is 65.5 Å². The van der Waals surface area contributed by atoms with E-state index in [9.17, 15) is 4.79 Å². The first-order valence-electron chi connectivity index (χ1n) is 17.0. The molecule has 0 aliphatic carbocycles. The first kappa shape index (κ1) is 33.9. The molecular formula is C39H49N5O3. The van der Waals surface area contributed by atoms with Gasteiger partial charge in [0.25, 0.3) is 0 Å². The van der Waals surface area contributed by atoms with Crippen LogP contribution in [0.15, 0.2) is 79.0 Å². The van der Waals surface area contributed by atoms with Gasteiger partial charge in [-0.15, -0.1) is 5.10 Å². The third kappa shape index (κ3) is 9.10. The number of aromatic nitrogens is 3. The lowest BCUT2D eigenvalue weighted by atomic mass is 9.92. The second kappa shape index (κ2) is 16.4. The Morgan fingerprint density at radius 3 is 2.06 bits per heavy atom. The largest absolute Gasteiger partial charge is 0.493 e. The number of ether oxygens (including phenoxy) is 2. The third-order valence-electron chi connectivity index (χ3n) is 8.32. The summed E-state index contributed by atoms with van der Waals surface area (Å²) in [5, 5.41) is 16.5.